The highest BCUT2D eigenvalue weighted by Crippen LogP contribution is 2.24. The highest BCUT2D eigenvalue weighted by atomic mass is 16.3. The number of amides is 2. The lowest BCUT2D eigenvalue weighted by Gasteiger charge is -2.30. The van der Waals surface area contributed by atoms with Crippen molar-refractivity contribution in [1.29, 1.82) is 0 Å². The van der Waals surface area contributed by atoms with Crippen LogP contribution in [0, 0.1) is 6.92 Å². The van der Waals surface area contributed by atoms with Crippen LogP contribution in [0.4, 0.5) is 11.4 Å². The van der Waals surface area contributed by atoms with E-state index in [4.69, 9.17) is 4.42 Å². The SMILES string of the molecule is Cc1ccc(C=CC(=O)Nc2cccc(N3CCC3=O)c2)o1. The Morgan fingerprint density at radius 2 is 2.18 bits per heavy atom. The first-order valence-corrected chi connectivity index (χ1v) is 7.08. The molecule has 1 aromatic carbocycles. The molecule has 3 rings (SSSR count). The number of nitrogens with zero attached hydrogens (tertiary/aromatic N) is 1. The molecule has 0 aliphatic carbocycles. The van der Waals surface area contributed by atoms with E-state index in [0.29, 0.717) is 17.9 Å². The topological polar surface area (TPSA) is 62.6 Å². The maximum absolute atomic E-state index is 11.9. The lowest BCUT2D eigenvalue weighted by atomic mass is 10.1. The molecule has 1 fully saturated rings. The van der Waals surface area contributed by atoms with E-state index in [2.05, 4.69) is 5.32 Å². The molecule has 0 bridgehead atoms. The lowest BCUT2D eigenvalue weighted by Crippen LogP contribution is -2.43. The Morgan fingerprint density at radius 1 is 1.32 bits per heavy atom. The first-order chi connectivity index (χ1) is 10.6. The largest absolute Gasteiger partial charge is 0.462 e. The minimum atomic E-state index is -0.249. The minimum absolute atomic E-state index is 0.108. The van der Waals surface area contributed by atoms with Gasteiger partial charge in [-0.05, 0) is 43.3 Å². The Bertz CT molecular complexity index is 746. The van der Waals surface area contributed by atoms with Crippen LogP contribution in [-0.4, -0.2) is 18.4 Å². The number of β-lactam (4-membered cyclic amide) rings is 1. The van der Waals surface area contributed by atoms with Gasteiger partial charge in [-0.25, -0.2) is 0 Å². The third-order valence-electron chi connectivity index (χ3n) is 3.44. The summed E-state index contributed by atoms with van der Waals surface area (Å²) in [5, 5.41) is 2.77. The maximum Gasteiger partial charge on any atom is 0.248 e. The first kappa shape index (κ1) is 14.1. The van der Waals surface area contributed by atoms with E-state index in [1.807, 2.05) is 25.1 Å². The van der Waals surface area contributed by atoms with E-state index in [1.54, 1.807) is 29.2 Å². The van der Waals surface area contributed by atoms with E-state index >= 15 is 0 Å². The number of carbonyl (C=O) groups excluding carboxylic acids is 2. The number of hydrogen-bond donors (Lipinski definition) is 1. The minimum Gasteiger partial charge on any atom is -0.462 e. The van der Waals surface area contributed by atoms with Crippen LogP contribution in [0.1, 0.15) is 17.9 Å². The predicted octanol–water partition coefficient (Wildman–Crippen LogP) is 2.98. The summed E-state index contributed by atoms with van der Waals surface area (Å²) in [6.07, 6.45) is 3.62. The molecule has 0 spiro atoms. The summed E-state index contributed by atoms with van der Waals surface area (Å²) in [7, 11) is 0. The number of carbonyl (C=O) groups is 2. The Balaban J connectivity index is 1.65. The van der Waals surface area contributed by atoms with Gasteiger partial charge in [0.15, 0.2) is 0 Å². The van der Waals surface area contributed by atoms with Crippen LogP contribution in [0.2, 0.25) is 0 Å². The zero-order valence-corrected chi connectivity index (χ0v) is 12.2. The Morgan fingerprint density at radius 3 is 2.82 bits per heavy atom. The summed E-state index contributed by atoms with van der Waals surface area (Å²) >= 11 is 0. The van der Waals surface area contributed by atoms with Gasteiger partial charge in [-0.3, -0.25) is 9.59 Å². The number of aryl methyl sites for hydroxylation is 1. The number of furan rings is 1. The predicted molar refractivity (Wildman–Crippen MR) is 84.5 cm³/mol. The van der Waals surface area contributed by atoms with Gasteiger partial charge in [-0.2, -0.15) is 0 Å². The van der Waals surface area contributed by atoms with Gasteiger partial charge in [-0.1, -0.05) is 6.07 Å². The van der Waals surface area contributed by atoms with Gasteiger partial charge in [0.25, 0.3) is 0 Å². The van der Waals surface area contributed by atoms with Gasteiger partial charge in [0.2, 0.25) is 11.8 Å². The molecule has 5 nitrogen and oxygen atoms in total. The normalized spacial score (nSPS) is 14.2. The van der Waals surface area contributed by atoms with Crippen LogP contribution >= 0.6 is 0 Å². The second kappa shape index (κ2) is 5.89. The van der Waals surface area contributed by atoms with Gasteiger partial charge >= 0.3 is 0 Å². The Kier molecular flexibility index (Phi) is 3.78. The van der Waals surface area contributed by atoms with Gasteiger partial charge in [-0.15, -0.1) is 0 Å². The van der Waals surface area contributed by atoms with E-state index < -0.39 is 0 Å². The number of nitrogens with one attached hydrogen (secondary N) is 1. The van der Waals surface area contributed by atoms with Crippen LogP contribution in [0.15, 0.2) is 46.9 Å². The summed E-state index contributed by atoms with van der Waals surface area (Å²) in [5.41, 5.74) is 1.46. The van der Waals surface area contributed by atoms with Gasteiger partial charge in [0, 0.05) is 30.4 Å². The van der Waals surface area contributed by atoms with Crippen molar-refractivity contribution in [2.75, 3.05) is 16.8 Å². The average Bonchev–Trinajstić information content (AvgIpc) is 2.90. The van der Waals surface area contributed by atoms with Crippen molar-refractivity contribution in [1.82, 2.24) is 0 Å². The quantitative estimate of drug-likeness (QED) is 0.697. The maximum atomic E-state index is 11.9. The summed E-state index contributed by atoms with van der Waals surface area (Å²) in [6, 6.07) is 10.9. The van der Waals surface area contributed by atoms with Crippen molar-refractivity contribution in [3.05, 3.63) is 54.0 Å². The highest BCUT2D eigenvalue weighted by molar-refractivity contribution is 6.03. The fraction of sp³-hybridized carbons (Fsp3) is 0.176. The second-order valence-electron chi connectivity index (χ2n) is 5.12. The summed E-state index contributed by atoms with van der Waals surface area (Å²) in [5.74, 6) is 1.29. The molecular formula is C17H16N2O3. The molecule has 5 heteroatoms. The summed E-state index contributed by atoms with van der Waals surface area (Å²) < 4.78 is 5.36. The first-order valence-electron chi connectivity index (χ1n) is 7.08. The fourth-order valence-electron chi connectivity index (χ4n) is 2.22. The summed E-state index contributed by atoms with van der Waals surface area (Å²) in [6.45, 7) is 2.58. The van der Waals surface area contributed by atoms with Gasteiger partial charge in [0.05, 0.1) is 0 Å². The van der Waals surface area contributed by atoms with Gasteiger partial charge < -0.3 is 14.6 Å². The fourth-order valence-corrected chi connectivity index (χ4v) is 2.22. The molecule has 22 heavy (non-hydrogen) atoms. The number of benzene rings is 1. The smallest absolute Gasteiger partial charge is 0.248 e. The highest BCUT2D eigenvalue weighted by Gasteiger charge is 2.25. The van der Waals surface area contributed by atoms with E-state index in [0.717, 1.165) is 18.0 Å². The van der Waals surface area contributed by atoms with Crippen molar-refractivity contribution < 1.29 is 14.0 Å². The second-order valence-corrected chi connectivity index (χ2v) is 5.12. The van der Waals surface area contributed by atoms with Crippen LogP contribution in [0.25, 0.3) is 6.08 Å². The van der Waals surface area contributed by atoms with Crippen LogP contribution in [0.5, 0.6) is 0 Å². The molecule has 2 heterocycles. The molecule has 112 valence electrons. The monoisotopic (exact) mass is 296 g/mol. The van der Waals surface area contributed by atoms with Crippen molar-refractivity contribution in [3.63, 3.8) is 0 Å². The van der Waals surface area contributed by atoms with Gasteiger partial charge in [0.1, 0.15) is 11.5 Å². The van der Waals surface area contributed by atoms with Crippen molar-refractivity contribution in [2.24, 2.45) is 0 Å². The molecule has 0 atom stereocenters. The number of rotatable bonds is 4. The molecule has 1 aromatic heterocycles. The Hall–Kier alpha value is -2.82. The molecule has 1 N–H and O–H groups in total. The third kappa shape index (κ3) is 3.09. The number of anilines is 2. The van der Waals surface area contributed by atoms with Crippen molar-refractivity contribution in [2.45, 2.75) is 13.3 Å². The molecular weight excluding hydrogens is 280 g/mol. The van der Waals surface area contributed by atoms with Crippen molar-refractivity contribution >= 4 is 29.3 Å². The van der Waals surface area contributed by atoms with Crippen LogP contribution < -0.4 is 10.2 Å². The lowest BCUT2D eigenvalue weighted by molar-refractivity contribution is -0.122. The van der Waals surface area contributed by atoms with Crippen molar-refractivity contribution in [3.8, 4) is 0 Å². The molecule has 1 saturated heterocycles. The van der Waals surface area contributed by atoms with E-state index in [-0.39, 0.29) is 11.8 Å². The zero-order valence-electron chi connectivity index (χ0n) is 12.2. The standard InChI is InChI=1S/C17H16N2O3/c1-12-5-6-15(22-12)7-8-16(20)18-13-3-2-4-14(11-13)19-10-9-17(19)21/h2-8,11H,9-10H2,1H3,(H,18,20). The van der Waals surface area contributed by atoms with Crippen LogP contribution in [-0.2, 0) is 9.59 Å². The molecule has 2 aromatic rings. The molecule has 0 unspecified atom stereocenters. The Labute approximate surface area is 128 Å². The molecule has 0 radical (unpaired) electrons. The van der Waals surface area contributed by atoms with E-state index in [9.17, 15) is 9.59 Å². The molecule has 1 aliphatic rings. The van der Waals surface area contributed by atoms with E-state index in [1.165, 1.54) is 6.08 Å². The number of hydrogen-bond acceptors (Lipinski definition) is 3. The third-order valence-corrected chi connectivity index (χ3v) is 3.44. The zero-order chi connectivity index (χ0) is 15.5. The summed E-state index contributed by atoms with van der Waals surface area (Å²) in [4.78, 5) is 25.0. The molecule has 2 amide bonds. The molecule has 0 saturated carbocycles. The van der Waals surface area contributed by atoms with Crippen LogP contribution in [0.3, 0.4) is 0 Å². The molecule has 1 aliphatic heterocycles. The average molecular weight is 296 g/mol.